The van der Waals surface area contributed by atoms with Crippen LogP contribution in [0.1, 0.15) is 37.1 Å². The number of hydrogen-bond donors (Lipinski definition) is 1. The summed E-state index contributed by atoms with van der Waals surface area (Å²) in [4.78, 5) is 9.13. The van der Waals surface area contributed by atoms with E-state index >= 15 is 0 Å². The smallest absolute Gasteiger partial charge is 0.220 e. The lowest BCUT2D eigenvalue weighted by atomic mass is 9.94. The van der Waals surface area contributed by atoms with Crippen LogP contribution in [0.3, 0.4) is 0 Å². The van der Waals surface area contributed by atoms with Crippen molar-refractivity contribution in [2.75, 3.05) is 32.8 Å². The van der Waals surface area contributed by atoms with E-state index in [9.17, 15) is 0 Å². The molecule has 6 heteroatoms. The summed E-state index contributed by atoms with van der Waals surface area (Å²) in [7, 11) is 3.19. The van der Waals surface area contributed by atoms with Crippen LogP contribution in [-0.4, -0.2) is 43.4 Å². The first-order valence-corrected chi connectivity index (χ1v) is 8.67. The number of aromatic nitrogens is 2. The molecule has 0 fully saturated rings. The number of nitrogens with one attached hydrogen (secondary N) is 1. The number of unbranched alkanes of at least 4 members (excludes halogenated alkanes) is 1. The zero-order valence-electron chi connectivity index (χ0n) is 15.0. The molecule has 0 saturated heterocycles. The lowest BCUT2D eigenvalue weighted by Crippen LogP contribution is -2.28. The first-order valence-electron chi connectivity index (χ1n) is 8.67. The maximum Gasteiger partial charge on any atom is 0.220 e. The summed E-state index contributed by atoms with van der Waals surface area (Å²) in [5.41, 5.74) is 2.27. The monoisotopic (exact) mass is 343 g/mol. The Morgan fingerprint density at radius 1 is 1.08 bits per heavy atom. The molecule has 1 aliphatic rings. The third kappa shape index (κ3) is 3.85. The van der Waals surface area contributed by atoms with Crippen LogP contribution >= 0.6 is 0 Å². The van der Waals surface area contributed by atoms with Gasteiger partial charge in [-0.25, -0.2) is 0 Å². The predicted octanol–water partition coefficient (Wildman–Crippen LogP) is 3.24. The van der Waals surface area contributed by atoms with E-state index in [1.54, 1.807) is 20.3 Å². The second-order valence-corrected chi connectivity index (χ2v) is 6.06. The number of benzene rings is 1. The van der Waals surface area contributed by atoms with Crippen LogP contribution in [0.15, 0.2) is 30.3 Å². The zero-order valence-corrected chi connectivity index (χ0v) is 15.0. The van der Waals surface area contributed by atoms with Crippen LogP contribution in [0.2, 0.25) is 0 Å². The Balaban J connectivity index is 1.91. The van der Waals surface area contributed by atoms with Crippen LogP contribution in [-0.2, 0) is 4.74 Å². The van der Waals surface area contributed by atoms with Gasteiger partial charge in [0.05, 0.1) is 38.9 Å². The summed E-state index contributed by atoms with van der Waals surface area (Å²) in [6, 6.07) is 10.00. The molecule has 2 heterocycles. The van der Waals surface area contributed by atoms with E-state index in [1.807, 2.05) is 12.1 Å². The van der Waals surface area contributed by atoms with Crippen molar-refractivity contribution in [2.45, 2.75) is 31.7 Å². The van der Waals surface area contributed by atoms with Gasteiger partial charge in [0, 0.05) is 12.3 Å². The minimum atomic E-state index is -0.0122. The number of anilines is 1. The van der Waals surface area contributed by atoms with Gasteiger partial charge in [0.1, 0.15) is 5.82 Å². The van der Waals surface area contributed by atoms with Crippen molar-refractivity contribution in [3.63, 3.8) is 0 Å². The van der Waals surface area contributed by atoms with Gasteiger partial charge in [0.2, 0.25) is 11.8 Å². The molecule has 0 aliphatic carbocycles. The van der Waals surface area contributed by atoms with Gasteiger partial charge >= 0.3 is 0 Å². The summed E-state index contributed by atoms with van der Waals surface area (Å²) in [5, 5.41) is 3.55. The van der Waals surface area contributed by atoms with Gasteiger partial charge in [-0.05, 0) is 18.1 Å². The van der Waals surface area contributed by atoms with E-state index in [2.05, 4.69) is 34.3 Å². The Hall–Kier alpha value is -2.34. The van der Waals surface area contributed by atoms with Crippen LogP contribution in [0.5, 0.6) is 11.8 Å². The highest BCUT2D eigenvalue weighted by Crippen LogP contribution is 2.40. The van der Waals surface area contributed by atoms with Gasteiger partial charge in [-0.15, -0.1) is 0 Å². The highest BCUT2D eigenvalue weighted by molar-refractivity contribution is 5.61. The van der Waals surface area contributed by atoms with Crippen molar-refractivity contribution < 1.29 is 14.2 Å². The van der Waals surface area contributed by atoms with Crippen molar-refractivity contribution in [3.05, 3.63) is 41.7 Å². The molecule has 6 nitrogen and oxygen atoms in total. The molecule has 1 N–H and O–H groups in total. The van der Waals surface area contributed by atoms with Gasteiger partial charge in [-0.3, -0.25) is 0 Å². The number of rotatable bonds is 8. The molecule has 1 aliphatic heterocycles. The number of fused-ring (bicyclic) bond motifs is 1. The minimum absolute atomic E-state index is 0.0122. The van der Waals surface area contributed by atoms with E-state index in [0.29, 0.717) is 24.2 Å². The molecule has 1 aromatic carbocycles. The average molecular weight is 343 g/mol. The maximum atomic E-state index is 5.87. The van der Waals surface area contributed by atoms with Crippen molar-refractivity contribution in [1.82, 2.24) is 9.97 Å². The molecule has 2 unspecified atom stereocenters. The van der Waals surface area contributed by atoms with Gasteiger partial charge in [0.25, 0.3) is 0 Å². The second-order valence-electron chi connectivity index (χ2n) is 6.06. The summed E-state index contributed by atoms with van der Waals surface area (Å²) in [5.74, 6) is 1.66. The quantitative estimate of drug-likeness (QED) is 0.742. The lowest BCUT2D eigenvalue weighted by molar-refractivity contribution is 0.120. The van der Waals surface area contributed by atoms with E-state index in [1.165, 1.54) is 5.56 Å². The molecule has 134 valence electrons. The number of ether oxygens (including phenoxy) is 3. The Bertz CT molecular complexity index is 686. The van der Waals surface area contributed by atoms with E-state index in [0.717, 1.165) is 25.1 Å². The first kappa shape index (κ1) is 17.5. The van der Waals surface area contributed by atoms with Gasteiger partial charge in [-0.2, -0.15) is 9.97 Å². The van der Waals surface area contributed by atoms with Crippen LogP contribution in [0.4, 0.5) is 5.69 Å². The van der Waals surface area contributed by atoms with E-state index in [4.69, 9.17) is 14.2 Å². The number of methoxy groups -OCH3 is 2. The molecule has 0 radical (unpaired) electrons. The molecule has 0 amide bonds. The van der Waals surface area contributed by atoms with E-state index in [-0.39, 0.29) is 12.0 Å². The molecule has 1 aromatic heterocycles. The Kier molecular flexibility index (Phi) is 5.71. The maximum absolute atomic E-state index is 5.87. The zero-order chi connectivity index (χ0) is 17.6. The molecule has 0 bridgehead atoms. The second kappa shape index (κ2) is 8.16. The van der Waals surface area contributed by atoms with Crippen LogP contribution in [0.25, 0.3) is 0 Å². The fourth-order valence-corrected chi connectivity index (χ4v) is 3.08. The topological polar surface area (TPSA) is 65.5 Å². The highest BCUT2D eigenvalue weighted by Gasteiger charge is 2.36. The summed E-state index contributed by atoms with van der Waals surface area (Å²) in [6.45, 7) is 3.52. The molecule has 0 saturated carbocycles. The lowest BCUT2D eigenvalue weighted by Gasteiger charge is -2.20. The summed E-state index contributed by atoms with van der Waals surface area (Å²) >= 11 is 0. The predicted molar refractivity (Wildman–Crippen MR) is 96.6 cm³/mol. The fraction of sp³-hybridized carbons (Fsp3) is 0.474. The van der Waals surface area contributed by atoms with Gasteiger partial charge in [0.15, 0.2) is 0 Å². The van der Waals surface area contributed by atoms with Gasteiger partial charge in [-0.1, -0.05) is 31.5 Å². The largest absolute Gasteiger partial charge is 0.481 e. The van der Waals surface area contributed by atoms with Crippen LogP contribution < -0.4 is 14.8 Å². The number of para-hydroxylation sites is 1. The van der Waals surface area contributed by atoms with E-state index < -0.39 is 0 Å². The average Bonchev–Trinajstić information content (AvgIpc) is 3.03. The summed E-state index contributed by atoms with van der Waals surface area (Å²) < 4.78 is 16.5. The SMILES string of the molecule is CCCCOCC1Nc2ccccc2C1c1nc(OC)cc(OC)n1. The molecular formula is C19H25N3O3. The molecule has 2 atom stereocenters. The van der Waals surface area contributed by atoms with Crippen molar-refractivity contribution >= 4 is 5.69 Å². The molecule has 2 aromatic rings. The molecule has 0 spiro atoms. The standard InChI is InChI=1S/C19H25N3O3/c1-4-5-10-25-12-15-18(13-8-6-7-9-14(13)20-15)19-21-16(23-2)11-17(22-19)24-3/h6-9,11,15,18,20H,4-5,10,12H2,1-3H3. The molecule has 25 heavy (non-hydrogen) atoms. The Morgan fingerprint density at radius 3 is 2.48 bits per heavy atom. The summed E-state index contributed by atoms with van der Waals surface area (Å²) in [6.07, 6.45) is 2.19. The molecular weight excluding hydrogens is 318 g/mol. The van der Waals surface area contributed by atoms with Crippen molar-refractivity contribution in [1.29, 1.82) is 0 Å². The Morgan fingerprint density at radius 2 is 1.80 bits per heavy atom. The number of hydrogen-bond acceptors (Lipinski definition) is 6. The fourth-order valence-electron chi connectivity index (χ4n) is 3.08. The van der Waals surface area contributed by atoms with Crippen molar-refractivity contribution in [3.8, 4) is 11.8 Å². The third-order valence-electron chi connectivity index (χ3n) is 4.37. The minimum Gasteiger partial charge on any atom is -0.481 e. The van der Waals surface area contributed by atoms with Crippen molar-refractivity contribution in [2.24, 2.45) is 0 Å². The normalized spacial score (nSPS) is 18.5. The number of nitrogens with zero attached hydrogens (tertiary/aromatic N) is 2. The molecule has 3 rings (SSSR count). The Labute approximate surface area is 148 Å². The first-order chi connectivity index (χ1) is 12.3. The highest BCUT2D eigenvalue weighted by atomic mass is 16.5. The van der Waals surface area contributed by atoms with Crippen LogP contribution in [0, 0.1) is 0 Å². The van der Waals surface area contributed by atoms with Gasteiger partial charge < -0.3 is 19.5 Å². The third-order valence-corrected chi connectivity index (χ3v) is 4.37.